The molecule has 0 amide bonds. The van der Waals surface area contributed by atoms with E-state index in [1.807, 2.05) is 6.20 Å². The third-order valence-corrected chi connectivity index (χ3v) is 4.50. The van der Waals surface area contributed by atoms with Crippen LogP contribution in [0.15, 0.2) is 49.6 Å². The summed E-state index contributed by atoms with van der Waals surface area (Å²) in [6.07, 6.45) is 5.71. The fourth-order valence-electron chi connectivity index (χ4n) is 3.23. The number of aromatic amines is 1. The van der Waals surface area contributed by atoms with Gasteiger partial charge in [0.15, 0.2) is 0 Å². The minimum absolute atomic E-state index is 0.505. The van der Waals surface area contributed by atoms with Crippen molar-refractivity contribution in [3.63, 3.8) is 0 Å². The van der Waals surface area contributed by atoms with E-state index >= 15 is 0 Å². The van der Waals surface area contributed by atoms with E-state index in [1.54, 1.807) is 0 Å². The van der Waals surface area contributed by atoms with Crippen molar-refractivity contribution in [1.29, 1.82) is 0 Å². The van der Waals surface area contributed by atoms with Crippen LogP contribution in [0.25, 0.3) is 10.9 Å². The molecule has 5 nitrogen and oxygen atoms in total. The molecule has 0 radical (unpaired) electrons. The van der Waals surface area contributed by atoms with Gasteiger partial charge in [-0.05, 0) is 74.3 Å². The van der Waals surface area contributed by atoms with Crippen molar-refractivity contribution in [2.75, 3.05) is 20.1 Å². The van der Waals surface area contributed by atoms with Crippen LogP contribution >= 0.6 is 0 Å². The average Bonchev–Trinajstić information content (AvgIpc) is 3.00. The number of nitrogens with two attached hydrogens (primary N) is 1. The van der Waals surface area contributed by atoms with Crippen LogP contribution in [0.3, 0.4) is 0 Å². The molecule has 3 rings (SSSR count). The SMILES string of the molecule is C=C(NCc1cc2[nH]ccc2cc1C)NC1CCCN(C)C1.C=CN. The molecular formula is C20H31N5. The summed E-state index contributed by atoms with van der Waals surface area (Å²) in [5.41, 5.74) is 8.42. The summed E-state index contributed by atoms with van der Waals surface area (Å²) in [7, 11) is 2.18. The van der Waals surface area contributed by atoms with Gasteiger partial charge < -0.3 is 26.3 Å². The minimum atomic E-state index is 0.505. The van der Waals surface area contributed by atoms with Gasteiger partial charge in [-0.3, -0.25) is 0 Å². The van der Waals surface area contributed by atoms with Gasteiger partial charge >= 0.3 is 0 Å². The largest absolute Gasteiger partial charge is 0.405 e. The number of benzene rings is 1. The fraction of sp³-hybridized carbons (Fsp3) is 0.400. The Morgan fingerprint density at radius 3 is 2.96 bits per heavy atom. The van der Waals surface area contributed by atoms with E-state index in [4.69, 9.17) is 0 Å². The zero-order valence-corrected chi connectivity index (χ0v) is 15.4. The van der Waals surface area contributed by atoms with Crippen LogP contribution in [-0.4, -0.2) is 36.1 Å². The summed E-state index contributed by atoms with van der Waals surface area (Å²) in [6.45, 7) is 12.5. The molecule has 1 saturated heterocycles. The topological polar surface area (TPSA) is 69.1 Å². The first kappa shape index (κ1) is 18.9. The lowest BCUT2D eigenvalue weighted by molar-refractivity contribution is 0.233. The van der Waals surface area contributed by atoms with E-state index in [9.17, 15) is 0 Å². The van der Waals surface area contributed by atoms with Crippen LogP contribution < -0.4 is 16.4 Å². The number of H-pyrrole nitrogens is 1. The second-order valence-corrected chi connectivity index (χ2v) is 6.66. The van der Waals surface area contributed by atoms with Crippen molar-refractivity contribution in [3.05, 3.63) is 60.7 Å². The number of hydrogen-bond acceptors (Lipinski definition) is 4. The molecule has 1 aliphatic rings. The molecule has 5 N–H and O–H groups in total. The fourth-order valence-corrected chi connectivity index (χ4v) is 3.23. The molecule has 1 aromatic heterocycles. The molecule has 25 heavy (non-hydrogen) atoms. The minimum Gasteiger partial charge on any atom is -0.405 e. The second kappa shape index (κ2) is 9.18. The molecule has 136 valence electrons. The highest BCUT2D eigenvalue weighted by Gasteiger charge is 2.16. The Bertz CT molecular complexity index is 703. The molecule has 0 aliphatic carbocycles. The van der Waals surface area contributed by atoms with Gasteiger partial charge in [-0.2, -0.15) is 0 Å². The normalized spacial score (nSPS) is 17.4. The van der Waals surface area contributed by atoms with Gasteiger partial charge in [0.25, 0.3) is 0 Å². The number of fused-ring (bicyclic) bond motifs is 1. The number of piperidine rings is 1. The van der Waals surface area contributed by atoms with Gasteiger partial charge in [-0.1, -0.05) is 13.2 Å². The highest BCUT2D eigenvalue weighted by atomic mass is 15.2. The van der Waals surface area contributed by atoms with Crippen LogP contribution in [-0.2, 0) is 6.54 Å². The Morgan fingerprint density at radius 2 is 2.24 bits per heavy atom. The Hall–Kier alpha value is -2.40. The van der Waals surface area contributed by atoms with Gasteiger partial charge in [0.05, 0.1) is 5.82 Å². The van der Waals surface area contributed by atoms with E-state index in [1.165, 1.54) is 47.6 Å². The van der Waals surface area contributed by atoms with Crippen molar-refractivity contribution in [2.45, 2.75) is 32.4 Å². The van der Waals surface area contributed by atoms with Crippen LogP contribution in [0.5, 0.6) is 0 Å². The molecule has 2 heterocycles. The smallest absolute Gasteiger partial charge is 0.0917 e. The number of aryl methyl sites for hydroxylation is 1. The predicted molar refractivity (Wildman–Crippen MR) is 107 cm³/mol. The molecule has 1 fully saturated rings. The number of rotatable bonds is 5. The summed E-state index contributed by atoms with van der Waals surface area (Å²) >= 11 is 0. The Labute approximate surface area is 151 Å². The van der Waals surface area contributed by atoms with E-state index in [0.717, 1.165) is 18.9 Å². The van der Waals surface area contributed by atoms with Crippen LogP contribution in [0.1, 0.15) is 24.0 Å². The third kappa shape index (κ3) is 5.57. The van der Waals surface area contributed by atoms with Crippen LogP contribution in [0.2, 0.25) is 0 Å². The summed E-state index contributed by atoms with van der Waals surface area (Å²) < 4.78 is 0. The number of nitrogens with one attached hydrogen (secondary N) is 3. The Balaban J connectivity index is 0.000000701. The lowest BCUT2D eigenvalue weighted by atomic mass is 10.1. The van der Waals surface area contributed by atoms with E-state index in [0.29, 0.717) is 6.04 Å². The lowest BCUT2D eigenvalue weighted by Gasteiger charge is -2.31. The van der Waals surface area contributed by atoms with Crippen molar-refractivity contribution < 1.29 is 0 Å². The summed E-state index contributed by atoms with van der Waals surface area (Å²) in [5.74, 6) is 0.922. The molecule has 1 unspecified atom stereocenters. The molecule has 1 atom stereocenters. The molecular weight excluding hydrogens is 310 g/mol. The van der Waals surface area contributed by atoms with Gasteiger partial charge in [0, 0.05) is 30.8 Å². The third-order valence-electron chi connectivity index (χ3n) is 4.50. The Kier molecular flexibility index (Phi) is 6.95. The highest BCUT2D eigenvalue weighted by molar-refractivity contribution is 5.81. The first-order valence-corrected chi connectivity index (χ1v) is 8.80. The average molecular weight is 342 g/mol. The molecule has 0 bridgehead atoms. The van der Waals surface area contributed by atoms with Gasteiger partial charge in [0.1, 0.15) is 0 Å². The van der Waals surface area contributed by atoms with Crippen LogP contribution in [0.4, 0.5) is 0 Å². The number of aromatic nitrogens is 1. The first-order chi connectivity index (χ1) is 12.0. The van der Waals surface area contributed by atoms with Crippen molar-refractivity contribution in [1.82, 2.24) is 20.5 Å². The van der Waals surface area contributed by atoms with Gasteiger partial charge in [-0.15, -0.1) is 0 Å². The van der Waals surface area contributed by atoms with Crippen LogP contribution in [0, 0.1) is 6.92 Å². The Morgan fingerprint density at radius 1 is 1.48 bits per heavy atom. The number of nitrogens with zero attached hydrogens (tertiary/aromatic N) is 1. The number of likely N-dealkylation sites (tertiary alicyclic amines) is 1. The molecule has 5 heteroatoms. The summed E-state index contributed by atoms with van der Waals surface area (Å²) in [5, 5.41) is 8.20. The van der Waals surface area contributed by atoms with Crippen molar-refractivity contribution in [3.8, 4) is 0 Å². The van der Waals surface area contributed by atoms with Crippen molar-refractivity contribution in [2.24, 2.45) is 5.73 Å². The maximum atomic E-state index is 4.61. The molecule has 0 spiro atoms. The highest BCUT2D eigenvalue weighted by Crippen LogP contribution is 2.18. The lowest BCUT2D eigenvalue weighted by Crippen LogP contribution is -2.45. The second-order valence-electron chi connectivity index (χ2n) is 6.66. The van der Waals surface area contributed by atoms with E-state index in [-0.39, 0.29) is 0 Å². The standard InChI is InChI=1S/C18H26N4.C2H5N/c1-13-9-15-6-7-19-18(15)10-16(13)11-20-14(2)21-17-5-4-8-22(3)12-17;1-2-3/h6-7,9-10,17,19-21H,2,4-5,8,11-12H2,1,3H3;2H,1,3H2. The summed E-state index contributed by atoms with van der Waals surface area (Å²) in [6, 6.07) is 7.07. The quantitative estimate of drug-likeness (QED) is 0.675. The predicted octanol–water partition coefficient (Wildman–Crippen LogP) is 2.81. The molecule has 2 aromatic rings. The zero-order valence-electron chi connectivity index (χ0n) is 15.4. The molecule has 1 aliphatic heterocycles. The van der Waals surface area contributed by atoms with E-state index < -0.39 is 0 Å². The maximum Gasteiger partial charge on any atom is 0.0917 e. The molecule has 1 aromatic carbocycles. The zero-order chi connectivity index (χ0) is 18.2. The number of hydrogen-bond donors (Lipinski definition) is 4. The maximum absolute atomic E-state index is 4.61. The van der Waals surface area contributed by atoms with Crippen molar-refractivity contribution >= 4 is 10.9 Å². The monoisotopic (exact) mass is 341 g/mol. The van der Waals surface area contributed by atoms with Gasteiger partial charge in [-0.25, -0.2) is 0 Å². The molecule has 0 saturated carbocycles. The number of likely N-dealkylation sites (N-methyl/N-ethyl adjacent to an activating group) is 1. The van der Waals surface area contributed by atoms with Gasteiger partial charge in [0.2, 0.25) is 0 Å². The first-order valence-electron chi connectivity index (χ1n) is 8.80. The van der Waals surface area contributed by atoms with E-state index in [2.05, 4.69) is 71.6 Å². The summed E-state index contributed by atoms with van der Waals surface area (Å²) in [4.78, 5) is 5.65.